The lowest BCUT2D eigenvalue weighted by Crippen LogP contribution is -2.48. The molecule has 1 aliphatic rings. The summed E-state index contributed by atoms with van der Waals surface area (Å²) < 4.78 is 12.2. The van der Waals surface area contributed by atoms with E-state index in [1.165, 1.54) is 0 Å². The molecule has 0 saturated carbocycles. The number of hydrogen-bond acceptors (Lipinski definition) is 8. The van der Waals surface area contributed by atoms with Crippen LogP contribution in [0.3, 0.4) is 0 Å². The van der Waals surface area contributed by atoms with Crippen LogP contribution in [0.15, 0.2) is 40.4 Å². The van der Waals surface area contributed by atoms with Gasteiger partial charge in [-0.25, -0.2) is 4.98 Å². The standard InChI is InChI=1S/C32H46N4O5SSi/c1-19(2)28(27-14-24(17-37)35-40-27)31(39)36-16-25(41-43(8,9)32(5,6)7)15-26(36)30(38)34-20(3)22-10-12-23(13-11-22)29-21(4)33-18-42-29/h10-14,18-20,25-26,28,37H,15-17H2,1-9H3,(H,34,38)/t20-,25+,26+,28?/m0/s1. The SMILES string of the molecule is Cc1ncsc1-c1ccc([C@H](C)NC(=O)[C@H]2C[C@@H](O[Si](C)(C)C(C)(C)C)CN2C(=O)C(c2cc(CO)no2)C(C)C)cc1. The van der Waals surface area contributed by atoms with Crippen LogP contribution in [0.25, 0.3) is 10.4 Å². The first-order valence-corrected chi connectivity index (χ1v) is 18.8. The first-order chi connectivity index (χ1) is 20.1. The van der Waals surface area contributed by atoms with Crippen LogP contribution < -0.4 is 5.32 Å². The molecule has 1 unspecified atom stereocenters. The fraction of sp³-hybridized carbons (Fsp3) is 0.562. The predicted octanol–water partition coefficient (Wildman–Crippen LogP) is 6.21. The Bertz CT molecular complexity index is 1410. The fourth-order valence-electron chi connectivity index (χ4n) is 5.33. The molecule has 43 heavy (non-hydrogen) atoms. The van der Waals surface area contributed by atoms with Crippen LogP contribution in [0.5, 0.6) is 0 Å². The van der Waals surface area contributed by atoms with Crippen molar-refractivity contribution in [2.24, 2.45) is 5.92 Å². The van der Waals surface area contributed by atoms with Crippen LogP contribution in [-0.4, -0.2) is 59.0 Å². The molecule has 1 aromatic carbocycles. The third-order valence-electron chi connectivity index (χ3n) is 8.87. The Morgan fingerprint density at radius 2 is 1.88 bits per heavy atom. The average Bonchev–Trinajstić information content (AvgIpc) is 3.67. The second kappa shape index (κ2) is 13.0. The summed E-state index contributed by atoms with van der Waals surface area (Å²) in [6, 6.07) is 8.83. The number of likely N-dealkylation sites (tertiary alicyclic amines) is 1. The van der Waals surface area contributed by atoms with Gasteiger partial charge in [0.05, 0.1) is 34.8 Å². The molecule has 1 aliphatic heterocycles. The molecule has 2 aromatic heterocycles. The van der Waals surface area contributed by atoms with Crippen molar-refractivity contribution in [1.29, 1.82) is 0 Å². The van der Waals surface area contributed by atoms with Crippen molar-refractivity contribution in [3.63, 3.8) is 0 Å². The minimum Gasteiger partial charge on any atom is -0.412 e. The molecule has 3 aromatic rings. The monoisotopic (exact) mass is 626 g/mol. The van der Waals surface area contributed by atoms with E-state index in [0.29, 0.717) is 24.4 Å². The van der Waals surface area contributed by atoms with Gasteiger partial charge in [-0.1, -0.05) is 64.0 Å². The zero-order valence-corrected chi connectivity index (χ0v) is 28.6. The second-order valence-corrected chi connectivity index (χ2v) is 19.1. The number of carbonyl (C=O) groups is 2. The van der Waals surface area contributed by atoms with E-state index < -0.39 is 20.3 Å². The van der Waals surface area contributed by atoms with Gasteiger partial charge in [0.2, 0.25) is 11.8 Å². The van der Waals surface area contributed by atoms with Gasteiger partial charge in [-0.05, 0) is 49.0 Å². The minimum absolute atomic E-state index is 0.0123. The molecule has 2 amide bonds. The van der Waals surface area contributed by atoms with Gasteiger partial charge in [0.1, 0.15) is 23.4 Å². The third kappa shape index (κ3) is 7.27. The predicted molar refractivity (Wildman–Crippen MR) is 171 cm³/mol. The summed E-state index contributed by atoms with van der Waals surface area (Å²) in [4.78, 5) is 35.2. The molecule has 3 heterocycles. The Morgan fingerprint density at radius 3 is 2.42 bits per heavy atom. The van der Waals surface area contributed by atoms with Crippen LogP contribution in [0.4, 0.5) is 0 Å². The van der Waals surface area contributed by atoms with E-state index in [4.69, 9.17) is 8.95 Å². The normalized spacial score (nSPS) is 19.1. The zero-order valence-electron chi connectivity index (χ0n) is 26.8. The summed E-state index contributed by atoms with van der Waals surface area (Å²) in [6.07, 6.45) is 0.164. The van der Waals surface area contributed by atoms with Gasteiger partial charge in [0.25, 0.3) is 0 Å². The van der Waals surface area contributed by atoms with E-state index in [-0.39, 0.29) is 41.5 Å². The van der Waals surface area contributed by atoms with E-state index >= 15 is 0 Å². The molecule has 4 rings (SSSR count). The summed E-state index contributed by atoms with van der Waals surface area (Å²) in [5.74, 6) is -0.776. The van der Waals surface area contributed by atoms with E-state index in [1.807, 2.05) is 45.3 Å². The molecule has 0 bridgehead atoms. The minimum atomic E-state index is -2.16. The van der Waals surface area contributed by atoms with Gasteiger partial charge in [0, 0.05) is 19.0 Å². The van der Waals surface area contributed by atoms with Gasteiger partial charge in [-0.2, -0.15) is 0 Å². The molecular weight excluding hydrogens is 581 g/mol. The highest BCUT2D eigenvalue weighted by atomic mass is 32.1. The maximum absolute atomic E-state index is 14.2. The third-order valence-corrected chi connectivity index (χ3v) is 14.4. The van der Waals surface area contributed by atoms with Crippen molar-refractivity contribution in [1.82, 2.24) is 20.4 Å². The molecule has 0 spiro atoms. The summed E-state index contributed by atoms with van der Waals surface area (Å²) in [7, 11) is -2.16. The average molecular weight is 627 g/mol. The van der Waals surface area contributed by atoms with E-state index in [2.05, 4.69) is 61.5 Å². The van der Waals surface area contributed by atoms with Crippen molar-refractivity contribution in [2.75, 3.05) is 6.54 Å². The Hall–Kier alpha value is -2.86. The van der Waals surface area contributed by atoms with Crippen molar-refractivity contribution in [3.8, 4) is 10.4 Å². The van der Waals surface area contributed by atoms with Gasteiger partial charge < -0.3 is 24.3 Å². The summed E-state index contributed by atoms with van der Waals surface area (Å²) in [5.41, 5.74) is 5.28. The molecule has 11 heteroatoms. The summed E-state index contributed by atoms with van der Waals surface area (Å²) >= 11 is 1.61. The summed E-state index contributed by atoms with van der Waals surface area (Å²) in [6.45, 7) is 18.8. The van der Waals surface area contributed by atoms with Crippen molar-refractivity contribution < 1.29 is 23.6 Å². The number of aryl methyl sites for hydroxylation is 1. The Morgan fingerprint density at radius 1 is 1.21 bits per heavy atom. The summed E-state index contributed by atoms with van der Waals surface area (Å²) in [5, 5.41) is 16.6. The molecule has 234 valence electrons. The van der Waals surface area contributed by atoms with Crippen molar-refractivity contribution >= 4 is 31.5 Å². The number of rotatable bonds is 10. The highest BCUT2D eigenvalue weighted by molar-refractivity contribution is 7.13. The molecule has 4 atom stereocenters. The molecule has 0 aliphatic carbocycles. The number of nitrogens with one attached hydrogen (secondary N) is 1. The van der Waals surface area contributed by atoms with Gasteiger partial charge in [0.15, 0.2) is 8.32 Å². The number of aliphatic hydroxyl groups is 1. The van der Waals surface area contributed by atoms with Gasteiger partial charge in [-0.3, -0.25) is 9.59 Å². The molecular formula is C32H46N4O5SSi. The number of hydrogen-bond donors (Lipinski definition) is 2. The number of thiazole rings is 1. The van der Waals surface area contributed by atoms with E-state index in [9.17, 15) is 14.7 Å². The Kier molecular flexibility index (Phi) is 10.00. The van der Waals surface area contributed by atoms with Crippen LogP contribution in [0.2, 0.25) is 18.1 Å². The topological polar surface area (TPSA) is 118 Å². The molecule has 2 N–H and O–H groups in total. The number of amides is 2. The Balaban J connectivity index is 1.57. The lowest BCUT2D eigenvalue weighted by atomic mass is 9.91. The lowest BCUT2D eigenvalue weighted by molar-refractivity contribution is -0.141. The number of benzene rings is 1. The van der Waals surface area contributed by atoms with E-state index in [1.54, 1.807) is 22.3 Å². The first-order valence-electron chi connectivity index (χ1n) is 15.0. The maximum Gasteiger partial charge on any atom is 0.243 e. The number of carbonyl (C=O) groups excluding carboxylic acids is 2. The van der Waals surface area contributed by atoms with E-state index in [0.717, 1.165) is 21.7 Å². The second-order valence-electron chi connectivity index (χ2n) is 13.5. The van der Waals surface area contributed by atoms with Crippen LogP contribution >= 0.6 is 11.3 Å². The number of aliphatic hydroxyl groups excluding tert-OH is 1. The van der Waals surface area contributed by atoms with Crippen molar-refractivity contribution in [3.05, 3.63) is 58.6 Å². The van der Waals surface area contributed by atoms with Gasteiger partial charge in [-0.15, -0.1) is 11.3 Å². The van der Waals surface area contributed by atoms with Crippen LogP contribution in [0, 0.1) is 12.8 Å². The highest BCUT2D eigenvalue weighted by Gasteiger charge is 2.47. The smallest absolute Gasteiger partial charge is 0.243 e. The maximum atomic E-state index is 14.2. The fourth-order valence-corrected chi connectivity index (χ4v) is 7.50. The molecule has 1 saturated heterocycles. The largest absolute Gasteiger partial charge is 0.412 e. The number of aromatic nitrogens is 2. The zero-order chi connectivity index (χ0) is 31.7. The Labute approximate surface area is 260 Å². The molecule has 1 fully saturated rings. The first kappa shape index (κ1) is 33.0. The van der Waals surface area contributed by atoms with Crippen molar-refractivity contribution in [2.45, 2.75) is 104 Å². The highest BCUT2D eigenvalue weighted by Crippen LogP contribution is 2.40. The quantitative estimate of drug-likeness (QED) is 0.257. The molecule has 0 radical (unpaired) electrons. The number of nitrogens with zero attached hydrogens (tertiary/aromatic N) is 3. The lowest BCUT2D eigenvalue weighted by Gasteiger charge is -2.38. The van der Waals surface area contributed by atoms with Gasteiger partial charge >= 0.3 is 0 Å². The molecule has 9 nitrogen and oxygen atoms in total. The van der Waals surface area contributed by atoms with Crippen LogP contribution in [0.1, 0.15) is 82.6 Å². The van der Waals surface area contributed by atoms with Crippen LogP contribution in [-0.2, 0) is 20.6 Å².